The number of carbonyl (C=O) groups excluding carboxylic acids is 2. The average molecular weight is 666 g/mol. The first kappa shape index (κ1) is 35.8. The molecule has 4 aromatic rings. The maximum absolute atomic E-state index is 12.8. The molecule has 0 radical (unpaired) electrons. The highest BCUT2D eigenvalue weighted by Gasteiger charge is 2.39. The Balaban J connectivity index is 1.26. The molecule has 0 bridgehead atoms. The molecule has 9 nitrogen and oxygen atoms in total. The lowest BCUT2D eigenvalue weighted by Gasteiger charge is -2.43. The Morgan fingerprint density at radius 2 is 1.45 bits per heavy atom. The summed E-state index contributed by atoms with van der Waals surface area (Å²) in [4.78, 5) is 27.4. The first-order valence-electron chi connectivity index (χ1n) is 16.8. The second-order valence-corrected chi connectivity index (χ2v) is 12.7. The van der Waals surface area contributed by atoms with Gasteiger partial charge in [0.05, 0.1) is 25.9 Å². The third-order valence-corrected chi connectivity index (χ3v) is 9.31. The molecule has 6 atom stereocenters. The van der Waals surface area contributed by atoms with E-state index in [0.29, 0.717) is 13.0 Å². The van der Waals surface area contributed by atoms with E-state index in [1.807, 2.05) is 84.9 Å². The number of ether oxygens (including phenoxy) is 3. The molecule has 5 rings (SSSR count). The minimum atomic E-state index is -0.812. The molecule has 0 unspecified atom stereocenters. The van der Waals surface area contributed by atoms with Gasteiger partial charge in [0, 0.05) is 37.0 Å². The van der Waals surface area contributed by atoms with Crippen molar-refractivity contribution in [2.75, 3.05) is 20.7 Å². The topological polar surface area (TPSA) is 109 Å². The van der Waals surface area contributed by atoms with E-state index < -0.39 is 24.3 Å². The van der Waals surface area contributed by atoms with Crippen molar-refractivity contribution in [1.82, 2.24) is 15.5 Å². The Morgan fingerprint density at radius 1 is 0.837 bits per heavy atom. The summed E-state index contributed by atoms with van der Waals surface area (Å²) in [6.45, 7) is 5.32. The lowest BCUT2D eigenvalue weighted by molar-refractivity contribution is -0.276. The van der Waals surface area contributed by atoms with Crippen LogP contribution in [-0.4, -0.2) is 54.9 Å². The summed E-state index contributed by atoms with van der Waals surface area (Å²) in [6, 6.07) is 34.5. The molecule has 0 aromatic heterocycles. The van der Waals surface area contributed by atoms with E-state index in [4.69, 9.17) is 14.2 Å². The third-order valence-electron chi connectivity index (χ3n) is 9.31. The molecule has 1 saturated heterocycles. The molecule has 49 heavy (non-hydrogen) atoms. The fraction of sp³-hybridized carbons (Fsp3) is 0.350. The Labute approximate surface area is 289 Å². The van der Waals surface area contributed by atoms with Crippen molar-refractivity contribution in [3.05, 3.63) is 143 Å². The number of urea groups is 1. The van der Waals surface area contributed by atoms with Crippen LogP contribution >= 0.6 is 0 Å². The fourth-order valence-corrected chi connectivity index (χ4v) is 6.13. The number of benzene rings is 4. The van der Waals surface area contributed by atoms with Crippen molar-refractivity contribution < 1.29 is 28.9 Å². The summed E-state index contributed by atoms with van der Waals surface area (Å²) in [5.74, 6) is -0.453. The Hall–Kier alpha value is -4.54. The summed E-state index contributed by atoms with van der Waals surface area (Å²) in [5.41, 5.74) is 5.79. The number of hydrogen-bond acceptors (Lipinski definition) is 7. The highest BCUT2D eigenvalue weighted by molar-refractivity contribution is 5.83. The molecule has 3 N–H and O–H groups in total. The molecule has 0 aliphatic carbocycles. The second-order valence-electron chi connectivity index (χ2n) is 12.7. The maximum Gasteiger partial charge on any atom is 0.328 e. The van der Waals surface area contributed by atoms with Gasteiger partial charge >= 0.3 is 12.0 Å². The summed E-state index contributed by atoms with van der Waals surface area (Å²) in [6.07, 6.45) is -0.626. The Morgan fingerprint density at radius 3 is 2.08 bits per heavy atom. The number of esters is 1. The van der Waals surface area contributed by atoms with Crippen LogP contribution in [0, 0.1) is 5.92 Å². The normalized spacial score (nSPS) is 20.3. The van der Waals surface area contributed by atoms with Crippen LogP contribution < -0.4 is 10.6 Å². The molecule has 1 aliphatic heterocycles. The molecular formula is C40H47N3O6. The molecule has 1 heterocycles. The molecule has 9 heteroatoms. The minimum Gasteiger partial charge on any atom is -0.467 e. The van der Waals surface area contributed by atoms with Gasteiger partial charge in [0.15, 0.2) is 6.29 Å². The monoisotopic (exact) mass is 665 g/mol. The van der Waals surface area contributed by atoms with Gasteiger partial charge in [-0.25, -0.2) is 9.59 Å². The van der Waals surface area contributed by atoms with Gasteiger partial charge in [-0.3, -0.25) is 4.90 Å². The lowest BCUT2D eigenvalue weighted by Crippen LogP contribution is -2.47. The number of nitrogens with one attached hydrogen (secondary N) is 2. The van der Waals surface area contributed by atoms with Crippen LogP contribution in [0.1, 0.15) is 65.7 Å². The minimum absolute atomic E-state index is 0.0136. The van der Waals surface area contributed by atoms with E-state index >= 15 is 0 Å². The van der Waals surface area contributed by atoms with Gasteiger partial charge in [-0.15, -0.1) is 0 Å². The van der Waals surface area contributed by atoms with Crippen LogP contribution in [0.5, 0.6) is 0 Å². The number of likely N-dealkylation sites (N-methyl/N-ethyl adjacent to an activating group) is 1. The van der Waals surface area contributed by atoms with Crippen molar-refractivity contribution in [1.29, 1.82) is 0 Å². The van der Waals surface area contributed by atoms with Crippen LogP contribution in [0.25, 0.3) is 0 Å². The number of amides is 2. The Bertz CT molecular complexity index is 1620. The van der Waals surface area contributed by atoms with Crippen molar-refractivity contribution in [2.24, 2.45) is 5.92 Å². The van der Waals surface area contributed by atoms with E-state index in [1.165, 1.54) is 12.7 Å². The van der Waals surface area contributed by atoms with Crippen LogP contribution in [0.4, 0.5) is 4.79 Å². The number of carbonyl (C=O) groups is 2. The quantitative estimate of drug-likeness (QED) is 0.145. The highest BCUT2D eigenvalue weighted by atomic mass is 16.7. The Kier molecular flexibility index (Phi) is 12.6. The molecule has 0 saturated carbocycles. The molecular weight excluding hydrogens is 618 g/mol. The average Bonchev–Trinajstić information content (AvgIpc) is 3.15. The van der Waals surface area contributed by atoms with E-state index in [0.717, 1.165) is 27.8 Å². The number of aliphatic hydroxyl groups excluding tert-OH is 1. The number of hydrogen-bond donors (Lipinski definition) is 3. The predicted molar refractivity (Wildman–Crippen MR) is 188 cm³/mol. The second kappa shape index (κ2) is 17.2. The van der Waals surface area contributed by atoms with Crippen LogP contribution in [-0.2, 0) is 38.6 Å². The first-order chi connectivity index (χ1) is 23.7. The molecule has 1 fully saturated rings. The number of methoxy groups -OCH3 is 1. The molecule has 1 aliphatic rings. The van der Waals surface area contributed by atoms with Crippen LogP contribution in [0.2, 0.25) is 0 Å². The van der Waals surface area contributed by atoms with Gasteiger partial charge in [0.25, 0.3) is 0 Å². The largest absolute Gasteiger partial charge is 0.467 e. The van der Waals surface area contributed by atoms with Gasteiger partial charge in [-0.05, 0) is 41.8 Å². The van der Waals surface area contributed by atoms with Crippen molar-refractivity contribution in [2.45, 2.75) is 64.0 Å². The number of nitrogens with zero attached hydrogens (tertiary/aromatic N) is 1. The van der Waals surface area contributed by atoms with E-state index in [2.05, 4.69) is 60.7 Å². The standard InChI is InChI=1S/C40H47N3O6/c1-27-36(25-43(3)28(2)32-13-9-6-10-14-32)48-39(49-37(27)33-19-17-31(26-44)18-20-33)34-21-15-30(16-22-34)24-41-40(46)42-35(38(45)47-4)23-29-11-7-5-8-12-29/h5-22,27-28,35-37,39,44H,23-26H2,1-4H3,(H2,41,42,46)/t27-,28-,35-,36+,37+,39+/m0/s1. The summed E-state index contributed by atoms with van der Waals surface area (Å²) >= 11 is 0. The maximum atomic E-state index is 12.8. The molecule has 2 amide bonds. The lowest BCUT2D eigenvalue weighted by atomic mass is 9.89. The third kappa shape index (κ3) is 9.55. The van der Waals surface area contributed by atoms with Gasteiger partial charge in [-0.1, -0.05) is 116 Å². The van der Waals surface area contributed by atoms with Crippen LogP contribution in [0.15, 0.2) is 109 Å². The summed E-state index contributed by atoms with van der Waals surface area (Å²) in [7, 11) is 3.43. The summed E-state index contributed by atoms with van der Waals surface area (Å²) < 4.78 is 18.2. The van der Waals surface area contributed by atoms with E-state index in [9.17, 15) is 14.7 Å². The fourth-order valence-electron chi connectivity index (χ4n) is 6.13. The van der Waals surface area contributed by atoms with Gasteiger partial charge in [0.1, 0.15) is 6.04 Å². The van der Waals surface area contributed by atoms with Crippen molar-refractivity contribution in [3.8, 4) is 0 Å². The van der Waals surface area contributed by atoms with Crippen LogP contribution in [0.3, 0.4) is 0 Å². The number of rotatable bonds is 13. The smallest absolute Gasteiger partial charge is 0.328 e. The molecule has 4 aromatic carbocycles. The molecule has 258 valence electrons. The van der Waals surface area contributed by atoms with Gasteiger partial charge < -0.3 is 30.0 Å². The van der Waals surface area contributed by atoms with Gasteiger partial charge in [0.2, 0.25) is 0 Å². The first-order valence-corrected chi connectivity index (χ1v) is 16.8. The zero-order valence-electron chi connectivity index (χ0n) is 28.6. The van der Waals surface area contributed by atoms with E-state index in [1.54, 1.807) is 0 Å². The molecule has 0 spiro atoms. The highest BCUT2D eigenvalue weighted by Crippen LogP contribution is 2.42. The summed E-state index contributed by atoms with van der Waals surface area (Å²) in [5, 5.41) is 15.2. The SMILES string of the molecule is COC(=O)[C@H](Cc1ccccc1)NC(=O)NCc1ccc([C@@H]2O[C@H](CN(C)[C@@H](C)c3ccccc3)[C@H](C)[C@H](c3ccc(CO)cc3)O2)cc1. The zero-order valence-corrected chi connectivity index (χ0v) is 28.6. The van der Waals surface area contributed by atoms with Crippen molar-refractivity contribution in [3.63, 3.8) is 0 Å². The zero-order chi connectivity index (χ0) is 34.8. The van der Waals surface area contributed by atoms with Gasteiger partial charge in [-0.2, -0.15) is 0 Å². The predicted octanol–water partition coefficient (Wildman–Crippen LogP) is 6.25. The number of aliphatic hydroxyl groups is 1. The van der Waals surface area contributed by atoms with Crippen molar-refractivity contribution >= 4 is 12.0 Å². The van der Waals surface area contributed by atoms with E-state index in [-0.39, 0.29) is 37.3 Å².